The second-order valence-electron chi connectivity index (χ2n) is 5.21. The van der Waals surface area contributed by atoms with Crippen LogP contribution in [0.25, 0.3) is 11.0 Å². The molecule has 3 nitrogen and oxygen atoms in total. The van der Waals surface area contributed by atoms with E-state index in [4.69, 9.17) is 4.98 Å². The van der Waals surface area contributed by atoms with Crippen molar-refractivity contribution in [2.75, 3.05) is 0 Å². The van der Waals surface area contributed by atoms with Crippen LogP contribution in [0.15, 0.2) is 24.3 Å². The van der Waals surface area contributed by atoms with Crippen molar-refractivity contribution >= 4 is 11.0 Å². The van der Waals surface area contributed by atoms with Gasteiger partial charge in [0.05, 0.1) is 17.1 Å². The number of rotatable bonds is 2. The highest BCUT2D eigenvalue weighted by Crippen LogP contribution is 2.32. The van der Waals surface area contributed by atoms with Gasteiger partial charge in [0.2, 0.25) is 0 Å². The third-order valence-corrected chi connectivity index (χ3v) is 3.97. The molecule has 1 aliphatic rings. The Hall–Kier alpha value is -1.35. The number of aromatic nitrogens is 2. The number of aliphatic hydroxyl groups excluding tert-OH is 1. The average molecular weight is 244 g/mol. The third-order valence-electron chi connectivity index (χ3n) is 3.97. The molecule has 1 fully saturated rings. The minimum absolute atomic E-state index is 0.144. The quantitative estimate of drug-likeness (QED) is 0.881. The predicted octanol–water partition coefficient (Wildman–Crippen LogP) is 3.07. The normalized spacial score (nSPS) is 24.6. The summed E-state index contributed by atoms with van der Waals surface area (Å²) < 4.78 is 2.36. The Balaban J connectivity index is 2.08. The first-order chi connectivity index (χ1) is 8.79. The molecule has 18 heavy (non-hydrogen) atoms. The molecule has 1 aromatic carbocycles. The zero-order valence-electron chi connectivity index (χ0n) is 10.8. The molecular weight excluding hydrogens is 224 g/mol. The average Bonchev–Trinajstić information content (AvgIpc) is 2.77. The molecule has 0 amide bonds. The van der Waals surface area contributed by atoms with Crippen LogP contribution < -0.4 is 0 Å². The number of para-hydroxylation sites is 2. The molecule has 1 aromatic heterocycles. The smallest absolute Gasteiger partial charge is 0.109 e. The highest BCUT2D eigenvalue weighted by Gasteiger charge is 2.24. The second-order valence-corrected chi connectivity index (χ2v) is 5.21. The number of aryl methyl sites for hydroxylation is 1. The summed E-state index contributed by atoms with van der Waals surface area (Å²) in [4.78, 5) is 4.71. The van der Waals surface area contributed by atoms with Crippen LogP contribution in [0, 0.1) is 0 Å². The van der Waals surface area contributed by atoms with Gasteiger partial charge in [-0.25, -0.2) is 4.98 Å². The number of hydrogen-bond acceptors (Lipinski definition) is 2. The molecule has 2 atom stereocenters. The lowest BCUT2D eigenvalue weighted by Gasteiger charge is -2.28. The highest BCUT2D eigenvalue weighted by atomic mass is 16.3. The largest absolute Gasteiger partial charge is 0.393 e. The lowest BCUT2D eigenvalue weighted by molar-refractivity contribution is 0.104. The number of imidazole rings is 1. The first-order valence-electron chi connectivity index (χ1n) is 6.93. The van der Waals surface area contributed by atoms with E-state index in [1.165, 1.54) is 5.52 Å². The van der Waals surface area contributed by atoms with E-state index in [9.17, 15) is 5.11 Å². The van der Waals surface area contributed by atoms with E-state index in [0.717, 1.165) is 43.4 Å². The minimum Gasteiger partial charge on any atom is -0.393 e. The van der Waals surface area contributed by atoms with Gasteiger partial charge in [-0.15, -0.1) is 0 Å². The van der Waals surface area contributed by atoms with Crippen molar-refractivity contribution in [2.24, 2.45) is 0 Å². The Morgan fingerprint density at radius 2 is 2.17 bits per heavy atom. The van der Waals surface area contributed by atoms with Crippen LogP contribution in [-0.2, 0) is 6.42 Å². The zero-order valence-corrected chi connectivity index (χ0v) is 10.8. The topological polar surface area (TPSA) is 38.0 Å². The standard InChI is InChI=1S/C15H20N2O/c1-2-15-16-13-8-3-4-9-14(13)17(15)11-6-5-7-12(18)10-11/h3-4,8-9,11-12,18H,2,5-7,10H2,1H3. The molecule has 0 spiro atoms. The van der Waals surface area contributed by atoms with Gasteiger partial charge in [0, 0.05) is 12.5 Å². The highest BCUT2D eigenvalue weighted by molar-refractivity contribution is 5.76. The van der Waals surface area contributed by atoms with Crippen LogP contribution in [0.5, 0.6) is 0 Å². The molecule has 0 saturated heterocycles. The Labute approximate surface area is 107 Å². The number of hydrogen-bond donors (Lipinski definition) is 1. The van der Waals surface area contributed by atoms with Crippen LogP contribution in [0.2, 0.25) is 0 Å². The number of nitrogens with zero attached hydrogens (tertiary/aromatic N) is 2. The maximum Gasteiger partial charge on any atom is 0.109 e. The third kappa shape index (κ3) is 1.93. The summed E-state index contributed by atoms with van der Waals surface area (Å²) in [6.07, 6.45) is 4.89. The van der Waals surface area contributed by atoms with Gasteiger partial charge in [0.25, 0.3) is 0 Å². The Morgan fingerprint density at radius 3 is 2.94 bits per heavy atom. The fourth-order valence-electron chi connectivity index (χ4n) is 3.12. The van der Waals surface area contributed by atoms with Gasteiger partial charge in [-0.1, -0.05) is 19.1 Å². The van der Waals surface area contributed by atoms with Crippen molar-refractivity contribution in [2.45, 2.75) is 51.2 Å². The van der Waals surface area contributed by atoms with Gasteiger partial charge < -0.3 is 9.67 Å². The van der Waals surface area contributed by atoms with E-state index in [0.29, 0.717) is 6.04 Å². The first kappa shape index (κ1) is 11.7. The minimum atomic E-state index is -0.144. The van der Waals surface area contributed by atoms with Gasteiger partial charge in [-0.2, -0.15) is 0 Å². The van der Waals surface area contributed by atoms with E-state index in [1.807, 2.05) is 6.07 Å². The molecule has 96 valence electrons. The van der Waals surface area contributed by atoms with Crippen molar-refractivity contribution < 1.29 is 5.11 Å². The molecule has 1 aliphatic carbocycles. The summed E-state index contributed by atoms with van der Waals surface area (Å²) in [7, 11) is 0. The molecule has 2 unspecified atom stereocenters. The monoisotopic (exact) mass is 244 g/mol. The molecule has 3 heteroatoms. The van der Waals surface area contributed by atoms with Gasteiger partial charge in [0.15, 0.2) is 0 Å². The van der Waals surface area contributed by atoms with Gasteiger partial charge in [0.1, 0.15) is 5.82 Å². The molecule has 3 rings (SSSR count). The molecule has 1 N–H and O–H groups in total. The fraction of sp³-hybridized carbons (Fsp3) is 0.533. The molecule has 0 bridgehead atoms. The predicted molar refractivity (Wildman–Crippen MR) is 72.6 cm³/mol. The summed E-state index contributed by atoms with van der Waals surface area (Å²) in [5, 5.41) is 9.88. The van der Waals surface area contributed by atoms with Crippen molar-refractivity contribution in [1.29, 1.82) is 0 Å². The number of aliphatic hydroxyl groups is 1. The Morgan fingerprint density at radius 1 is 1.33 bits per heavy atom. The van der Waals surface area contributed by atoms with E-state index in [2.05, 4.69) is 29.7 Å². The first-order valence-corrected chi connectivity index (χ1v) is 6.93. The van der Waals surface area contributed by atoms with E-state index < -0.39 is 0 Å². The van der Waals surface area contributed by atoms with Crippen molar-refractivity contribution in [1.82, 2.24) is 9.55 Å². The fourth-order valence-corrected chi connectivity index (χ4v) is 3.12. The van der Waals surface area contributed by atoms with Crippen molar-refractivity contribution in [3.05, 3.63) is 30.1 Å². The molecule has 2 aromatic rings. The van der Waals surface area contributed by atoms with Crippen LogP contribution in [-0.4, -0.2) is 20.8 Å². The SMILES string of the molecule is CCc1nc2ccccc2n1C1CCCC(O)C1. The van der Waals surface area contributed by atoms with Gasteiger partial charge in [-0.3, -0.25) is 0 Å². The lowest BCUT2D eigenvalue weighted by atomic mass is 9.92. The van der Waals surface area contributed by atoms with Crippen LogP contribution in [0.1, 0.15) is 44.5 Å². The zero-order chi connectivity index (χ0) is 12.5. The Bertz CT molecular complexity index is 546. The molecule has 1 heterocycles. The summed E-state index contributed by atoms with van der Waals surface area (Å²) in [5.74, 6) is 1.15. The molecule has 1 saturated carbocycles. The Kier molecular flexibility index (Phi) is 3.08. The molecular formula is C15H20N2O. The second kappa shape index (κ2) is 4.73. The van der Waals surface area contributed by atoms with Gasteiger partial charge >= 0.3 is 0 Å². The number of benzene rings is 1. The van der Waals surface area contributed by atoms with Crippen LogP contribution in [0.3, 0.4) is 0 Å². The maximum absolute atomic E-state index is 9.88. The lowest BCUT2D eigenvalue weighted by Crippen LogP contribution is -2.23. The summed E-state index contributed by atoms with van der Waals surface area (Å²) in [5.41, 5.74) is 2.29. The van der Waals surface area contributed by atoms with Crippen LogP contribution in [0.4, 0.5) is 0 Å². The van der Waals surface area contributed by atoms with Crippen molar-refractivity contribution in [3.8, 4) is 0 Å². The molecule has 0 aliphatic heterocycles. The summed E-state index contributed by atoms with van der Waals surface area (Å²) >= 11 is 0. The summed E-state index contributed by atoms with van der Waals surface area (Å²) in [6.45, 7) is 2.15. The van der Waals surface area contributed by atoms with E-state index in [-0.39, 0.29) is 6.10 Å². The van der Waals surface area contributed by atoms with Gasteiger partial charge in [-0.05, 0) is 37.8 Å². The van der Waals surface area contributed by atoms with E-state index >= 15 is 0 Å². The van der Waals surface area contributed by atoms with Crippen LogP contribution >= 0.6 is 0 Å². The maximum atomic E-state index is 9.88. The number of fused-ring (bicyclic) bond motifs is 1. The summed E-state index contributed by atoms with van der Waals surface area (Å²) in [6, 6.07) is 8.73. The molecule has 0 radical (unpaired) electrons. The van der Waals surface area contributed by atoms with E-state index in [1.54, 1.807) is 0 Å². The van der Waals surface area contributed by atoms with Crippen molar-refractivity contribution in [3.63, 3.8) is 0 Å².